The molecule has 3 rings (SSSR count). The van der Waals surface area contributed by atoms with Crippen molar-refractivity contribution < 1.29 is 24.0 Å². The van der Waals surface area contributed by atoms with Crippen LogP contribution in [-0.4, -0.2) is 35.2 Å². The Balaban J connectivity index is 1.73. The molecular formula is C21H20N2O6. The summed E-state index contributed by atoms with van der Waals surface area (Å²) in [4.78, 5) is 48.7. The van der Waals surface area contributed by atoms with Gasteiger partial charge in [-0.05, 0) is 56.2 Å². The Labute approximate surface area is 167 Å². The third-order valence-corrected chi connectivity index (χ3v) is 4.92. The standard InChI is InChI=1S/C21H20N2O6/c1-12-10-17(5-6-18(12)23(27)28)21(26)29-13(2)20(25)16-4-7-19-15(11-16)8-9-22(19)14(3)24/h4-7,10-11,13H,8-9H2,1-3H3. The Morgan fingerprint density at radius 1 is 1.14 bits per heavy atom. The van der Waals surface area contributed by atoms with Crippen LogP contribution in [0, 0.1) is 17.0 Å². The number of hydrogen-bond acceptors (Lipinski definition) is 6. The van der Waals surface area contributed by atoms with Crippen LogP contribution >= 0.6 is 0 Å². The van der Waals surface area contributed by atoms with E-state index in [0.717, 1.165) is 11.3 Å². The fourth-order valence-corrected chi connectivity index (χ4v) is 3.39. The van der Waals surface area contributed by atoms with Gasteiger partial charge in [-0.3, -0.25) is 19.7 Å². The van der Waals surface area contributed by atoms with Gasteiger partial charge in [0.1, 0.15) is 0 Å². The number of fused-ring (bicyclic) bond motifs is 1. The van der Waals surface area contributed by atoms with E-state index >= 15 is 0 Å². The zero-order chi connectivity index (χ0) is 21.3. The lowest BCUT2D eigenvalue weighted by atomic mass is 10.0. The Morgan fingerprint density at radius 2 is 1.83 bits per heavy atom. The minimum absolute atomic E-state index is 0.0523. The first-order valence-electron chi connectivity index (χ1n) is 9.10. The number of esters is 1. The number of nitrogens with zero attached hydrogens (tertiary/aromatic N) is 2. The van der Waals surface area contributed by atoms with E-state index in [2.05, 4.69) is 0 Å². The molecule has 0 spiro atoms. The van der Waals surface area contributed by atoms with Crippen molar-refractivity contribution >= 4 is 29.0 Å². The SMILES string of the molecule is CC(=O)N1CCc2cc(C(=O)C(C)OC(=O)c3ccc([N+](=O)[O-])c(C)c3)ccc21. The van der Waals surface area contributed by atoms with Crippen molar-refractivity contribution in [2.75, 3.05) is 11.4 Å². The highest BCUT2D eigenvalue weighted by Gasteiger charge is 2.26. The summed E-state index contributed by atoms with van der Waals surface area (Å²) in [6, 6.07) is 8.97. The number of rotatable bonds is 5. The second-order valence-electron chi connectivity index (χ2n) is 6.93. The smallest absolute Gasteiger partial charge is 0.338 e. The summed E-state index contributed by atoms with van der Waals surface area (Å²) in [6.07, 6.45) is -0.368. The number of nitro benzene ring substituents is 1. The van der Waals surface area contributed by atoms with E-state index in [1.165, 1.54) is 39.0 Å². The number of aryl methyl sites for hydroxylation is 1. The van der Waals surface area contributed by atoms with E-state index in [-0.39, 0.29) is 22.9 Å². The van der Waals surface area contributed by atoms with Gasteiger partial charge in [-0.25, -0.2) is 4.79 Å². The fourth-order valence-electron chi connectivity index (χ4n) is 3.39. The summed E-state index contributed by atoms with van der Waals surface area (Å²) in [5.74, 6) is -1.14. The third-order valence-electron chi connectivity index (χ3n) is 4.92. The lowest BCUT2D eigenvalue weighted by molar-refractivity contribution is -0.385. The van der Waals surface area contributed by atoms with Gasteiger partial charge in [-0.2, -0.15) is 0 Å². The van der Waals surface area contributed by atoms with E-state index in [4.69, 9.17) is 4.74 Å². The molecule has 0 aliphatic carbocycles. The van der Waals surface area contributed by atoms with Crippen molar-refractivity contribution in [2.45, 2.75) is 33.3 Å². The van der Waals surface area contributed by atoms with Gasteiger partial charge in [0, 0.05) is 36.3 Å². The topological polar surface area (TPSA) is 107 Å². The highest BCUT2D eigenvalue weighted by atomic mass is 16.6. The zero-order valence-electron chi connectivity index (χ0n) is 16.3. The Bertz CT molecular complexity index is 1030. The summed E-state index contributed by atoms with van der Waals surface area (Å²) >= 11 is 0. The highest BCUT2D eigenvalue weighted by Crippen LogP contribution is 2.29. The minimum Gasteiger partial charge on any atom is -0.451 e. The van der Waals surface area contributed by atoms with E-state index in [9.17, 15) is 24.5 Å². The van der Waals surface area contributed by atoms with Crippen LogP contribution in [0.25, 0.3) is 0 Å². The monoisotopic (exact) mass is 396 g/mol. The Kier molecular flexibility index (Phi) is 5.45. The summed E-state index contributed by atoms with van der Waals surface area (Å²) in [6.45, 7) is 5.08. The molecule has 0 aromatic heterocycles. The van der Waals surface area contributed by atoms with Gasteiger partial charge < -0.3 is 9.64 Å². The predicted octanol–water partition coefficient (Wildman–Crippen LogP) is 3.24. The predicted molar refractivity (Wildman–Crippen MR) is 105 cm³/mol. The molecule has 1 aliphatic rings. The van der Waals surface area contributed by atoms with Crippen LogP contribution in [0.15, 0.2) is 36.4 Å². The van der Waals surface area contributed by atoms with Gasteiger partial charge in [0.15, 0.2) is 6.10 Å². The van der Waals surface area contributed by atoms with E-state index < -0.39 is 17.0 Å². The molecular weight excluding hydrogens is 376 g/mol. The Hall–Kier alpha value is -3.55. The van der Waals surface area contributed by atoms with Crippen molar-refractivity contribution in [1.82, 2.24) is 0 Å². The van der Waals surface area contributed by atoms with Crippen LogP contribution in [0.5, 0.6) is 0 Å². The summed E-state index contributed by atoms with van der Waals surface area (Å²) < 4.78 is 5.26. The van der Waals surface area contributed by atoms with Crippen molar-refractivity contribution in [2.24, 2.45) is 0 Å². The van der Waals surface area contributed by atoms with Crippen LogP contribution < -0.4 is 4.90 Å². The zero-order valence-corrected chi connectivity index (χ0v) is 16.3. The summed E-state index contributed by atoms with van der Waals surface area (Å²) in [5.41, 5.74) is 2.46. The first kappa shape index (κ1) is 20.2. The Morgan fingerprint density at radius 3 is 2.45 bits per heavy atom. The maximum atomic E-state index is 12.7. The molecule has 1 aliphatic heterocycles. The van der Waals surface area contributed by atoms with Crippen LogP contribution in [0.2, 0.25) is 0 Å². The fraction of sp³-hybridized carbons (Fsp3) is 0.286. The maximum Gasteiger partial charge on any atom is 0.338 e. The molecule has 1 unspecified atom stereocenters. The molecule has 2 aromatic carbocycles. The van der Waals surface area contributed by atoms with E-state index in [1.54, 1.807) is 23.1 Å². The highest BCUT2D eigenvalue weighted by molar-refractivity contribution is 6.02. The first-order valence-corrected chi connectivity index (χ1v) is 9.10. The molecule has 0 saturated carbocycles. The summed E-state index contributed by atoms with van der Waals surface area (Å²) in [7, 11) is 0. The number of carbonyl (C=O) groups excluding carboxylic acids is 3. The molecule has 1 atom stereocenters. The average molecular weight is 396 g/mol. The normalized spacial score (nSPS) is 13.6. The van der Waals surface area contributed by atoms with Crippen molar-refractivity contribution in [3.8, 4) is 0 Å². The number of nitro groups is 1. The van der Waals surface area contributed by atoms with Crippen LogP contribution in [0.1, 0.15) is 45.7 Å². The largest absolute Gasteiger partial charge is 0.451 e. The van der Waals surface area contributed by atoms with Gasteiger partial charge in [0.25, 0.3) is 5.69 Å². The van der Waals surface area contributed by atoms with Crippen LogP contribution in [0.4, 0.5) is 11.4 Å². The molecule has 0 N–H and O–H groups in total. The molecule has 150 valence electrons. The number of carbonyl (C=O) groups is 3. The number of amides is 1. The number of Topliss-reactive ketones (excluding diaryl/α,β-unsaturated/α-hetero) is 1. The molecule has 1 heterocycles. The molecule has 0 bridgehead atoms. The molecule has 0 saturated heterocycles. The number of ketones is 1. The molecule has 8 nitrogen and oxygen atoms in total. The number of anilines is 1. The van der Waals surface area contributed by atoms with E-state index in [0.29, 0.717) is 24.1 Å². The number of ether oxygens (including phenoxy) is 1. The lowest BCUT2D eigenvalue weighted by Gasteiger charge is -2.16. The van der Waals surface area contributed by atoms with Crippen LogP contribution in [0.3, 0.4) is 0 Å². The van der Waals surface area contributed by atoms with Crippen molar-refractivity contribution in [3.05, 3.63) is 68.8 Å². The second kappa shape index (κ2) is 7.83. The molecule has 2 aromatic rings. The maximum absolute atomic E-state index is 12.7. The molecule has 29 heavy (non-hydrogen) atoms. The number of benzene rings is 2. The van der Waals surface area contributed by atoms with E-state index in [1.807, 2.05) is 0 Å². The quantitative estimate of drug-likeness (QED) is 0.332. The first-order chi connectivity index (χ1) is 13.7. The second-order valence-corrected chi connectivity index (χ2v) is 6.93. The number of hydrogen-bond donors (Lipinski definition) is 0. The van der Waals surface area contributed by atoms with Gasteiger partial charge in [0.05, 0.1) is 10.5 Å². The van der Waals surface area contributed by atoms with Crippen LogP contribution in [-0.2, 0) is 16.0 Å². The van der Waals surface area contributed by atoms with Crippen molar-refractivity contribution in [1.29, 1.82) is 0 Å². The average Bonchev–Trinajstić information content (AvgIpc) is 3.10. The van der Waals surface area contributed by atoms with Gasteiger partial charge in [-0.1, -0.05) is 0 Å². The van der Waals surface area contributed by atoms with Gasteiger partial charge in [-0.15, -0.1) is 0 Å². The van der Waals surface area contributed by atoms with Gasteiger partial charge >= 0.3 is 5.97 Å². The molecule has 0 fully saturated rings. The van der Waals surface area contributed by atoms with Gasteiger partial charge in [0.2, 0.25) is 11.7 Å². The van der Waals surface area contributed by atoms with Crippen molar-refractivity contribution in [3.63, 3.8) is 0 Å². The lowest BCUT2D eigenvalue weighted by Crippen LogP contribution is -2.26. The third kappa shape index (κ3) is 4.01. The molecule has 8 heteroatoms. The summed E-state index contributed by atoms with van der Waals surface area (Å²) in [5, 5.41) is 10.9. The molecule has 0 radical (unpaired) electrons. The molecule has 1 amide bonds. The minimum atomic E-state index is -1.03.